The first-order chi connectivity index (χ1) is 9.07. The van der Waals surface area contributed by atoms with Gasteiger partial charge in [0.25, 0.3) is 0 Å². The molecule has 110 valence electrons. The van der Waals surface area contributed by atoms with Crippen LogP contribution in [0, 0.1) is 0 Å². The standard InChI is InChI=1S/C14H15F3O3/c1-13(2,3)20-12(18)11(19-14(15,16)17)9-10-7-5-4-6-8-10/h4-9H,1-3H3. The first kappa shape index (κ1) is 16.1. The van der Waals surface area contributed by atoms with Crippen molar-refractivity contribution < 1.29 is 27.4 Å². The predicted octanol–water partition coefficient (Wildman–Crippen LogP) is 3.91. The molecular weight excluding hydrogens is 273 g/mol. The quantitative estimate of drug-likeness (QED) is 0.480. The lowest BCUT2D eigenvalue weighted by atomic mass is 10.2. The summed E-state index contributed by atoms with van der Waals surface area (Å²) in [7, 11) is 0. The number of carbonyl (C=O) groups excluding carboxylic acids is 1. The van der Waals surface area contributed by atoms with E-state index in [9.17, 15) is 18.0 Å². The fourth-order valence-electron chi connectivity index (χ4n) is 1.28. The molecule has 0 heterocycles. The number of hydrogen-bond donors (Lipinski definition) is 0. The van der Waals surface area contributed by atoms with E-state index >= 15 is 0 Å². The van der Waals surface area contributed by atoms with Crippen LogP contribution < -0.4 is 0 Å². The molecule has 6 heteroatoms. The van der Waals surface area contributed by atoms with Gasteiger partial charge in [-0.2, -0.15) is 0 Å². The largest absolute Gasteiger partial charge is 0.573 e. The molecule has 0 aliphatic carbocycles. The third-order valence-corrected chi connectivity index (χ3v) is 1.92. The lowest BCUT2D eigenvalue weighted by Crippen LogP contribution is -2.27. The molecule has 0 saturated carbocycles. The van der Waals surface area contributed by atoms with Crippen molar-refractivity contribution in [3.05, 3.63) is 41.7 Å². The van der Waals surface area contributed by atoms with Crippen LogP contribution in [-0.4, -0.2) is 17.9 Å². The van der Waals surface area contributed by atoms with Gasteiger partial charge >= 0.3 is 12.3 Å². The molecule has 0 radical (unpaired) electrons. The van der Waals surface area contributed by atoms with E-state index in [1.165, 1.54) is 0 Å². The van der Waals surface area contributed by atoms with Crippen LogP contribution in [0.5, 0.6) is 0 Å². The summed E-state index contributed by atoms with van der Waals surface area (Å²) in [6.45, 7) is 4.66. The minimum Gasteiger partial charge on any atom is -0.454 e. The van der Waals surface area contributed by atoms with Gasteiger partial charge in [0.1, 0.15) is 5.60 Å². The smallest absolute Gasteiger partial charge is 0.454 e. The Kier molecular flexibility index (Phi) is 4.81. The van der Waals surface area contributed by atoms with Gasteiger partial charge in [-0.25, -0.2) is 4.79 Å². The minimum absolute atomic E-state index is 0.401. The Morgan fingerprint density at radius 2 is 1.60 bits per heavy atom. The number of ether oxygens (including phenoxy) is 2. The molecular formula is C14H15F3O3. The van der Waals surface area contributed by atoms with Crippen LogP contribution in [0.1, 0.15) is 26.3 Å². The Bertz CT molecular complexity index is 485. The van der Waals surface area contributed by atoms with Crippen LogP contribution in [0.15, 0.2) is 36.1 Å². The van der Waals surface area contributed by atoms with E-state index in [1.54, 1.807) is 51.1 Å². The van der Waals surface area contributed by atoms with E-state index in [0.29, 0.717) is 5.56 Å². The predicted molar refractivity (Wildman–Crippen MR) is 67.4 cm³/mol. The number of alkyl halides is 3. The summed E-state index contributed by atoms with van der Waals surface area (Å²) in [5.74, 6) is -2.07. The second-order valence-electron chi connectivity index (χ2n) is 4.97. The van der Waals surface area contributed by atoms with E-state index in [-0.39, 0.29) is 0 Å². The summed E-state index contributed by atoms with van der Waals surface area (Å²) in [5.41, 5.74) is -0.514. The van der Waals surface area contributed by atoms with Crippen molar-refractivity contribution in [2.45, 2.75) is 32.7 Å². The van der Waals surface area contributed by atoms with E-state index in [1.807, 2.05) is 0 Å². The summed E-state index contributed by atoms with van der Waals surface area (Å²) >= 11 is 0. The molecule has 0 saturated heterocycles. The Balaban J connectivity index is 3.03. The maximum absolute atomic E-state index is 12.3. The van der Waals surface area contributed by atoms with Crippen molar-refractivity contribution >= 4 is 12.0 Å². The first-order valence-corrected chi connectivity index (χ1v) is 5.83. The maximum Gasteiger partial charge on any atom is 0.573 e. The van der Waals surface area contributed by atoms with Gasteiger partial charge in [-0.15, -0.1) is 13.2 Å². The maximum atomic E-state index is 12.3. The molecule has 0 aliphatic heterocycles. The number of carbonyl (C=O) groups is 1. The van der Waals surface area contributed by atoms with Crippen LogP contribution in [0.3, 0.4) is 0 Å². The van der Waals surface area contributed by atoms with Crippen molar-refractivity contribution in [2.75, 3.05) is 0 Å². The highest BCUT2D eigenvalue weighted by Gasteiger charge is 2.35. The van der Waals surface area contributed by atoms with Crippen LogP contribution in [0.2, 0.25) is 0 Å². The summed E-state index contributed by atoms with van der Waals surface area (Å²) < 4.78 is 45.6. The van der Waals surface area contributed by atoms with E-state index in [4.69, 9.17) is 4.74 Å². The minimum atomic E-state index is -4.96. The summed E-state index contributed by atoms with van der Waals surface area (Å²) in [5, 5.41) is 0. The average molecular weight is 288 g/mol. The Morgan fingerprint density at radius 1 is 1.05 bits per heavy atom. The van der Waals surface area contributed by atoms with Gasteiger partial charge in [-0.1, -0.05) is 30.3 Å². The lowest BCUT2D eigenvalue weighted by molar-refractivity contribution is -0.305. The highest BCUT2D eigenvalue weighted by Crippen LogP contribution is 2.24. The SMILES string of the molecule is CC(C)(C)OC(=O)C(=Cc1ccccc1)OC(F)(F)F. The topological polar surface area (TPSA) is 35.5 Å². The third kappa shape index (κ3) is 6.26. The summed E-state index contributed by atoms with van der Waals surface area (Å²) in [4.78, 5) is 11.7. The molecule has 0 aromatic heterocycles. The third-order valence-electron chi connectivity index (χ3n) is 1.92. The molecule has 0 fully saturated rings. The molecule has 0 bridgehead atoms. The van der Waals surface area contributed by atoms with Gasteiger partial charge in [-0.3, -0.25) is 0 Å². The molecule has 3 nitrogen and oxygen atoms in total. The van der Waals surface area contributed by atoms with Gasteiger partial charge in [0.2, 0.25) is 5.76 Å². The summed E-state index contributed by atoms with van der Waals surface area (Å²) in [6.07, 6.45) is -3.97. The average Bonchev–Trinajstić information content (AvgIpc) is 2.25. The molecule has 1 aromatic carbocycles. The molecule has 20 heavy (non-hydrogen) atoms. The van der Waals surface area contributed by atoms with Crippen LogP contribution in [0.25, 0.3) is 6.08 Å². The molecule has 1 rings (SSSR count). The van der Waals surface area contributed by atoms with Crippen LogP contribution >= 0.6 is 0 Å². The van der Waals surface area contributed by atoms with Gasteiger partial charge in [0, 0.05) is 0 Å². The highest BCUT2D eigenvalue weighted by molar-refractivity contribution is 5.91. The monoisotopic (exact) mass is 288 g/mol. The number of esters is 1. The molecule has 0 atom stereocenters. The van der Waals surface area contributed by atoms with Gasteiger partial charge in [0.15, 0.2) is 0 Å². The second kappa shape index (κ2) is 5.98. The Hall–Kier alpha value is -1.98. The number of rotatable bonds is 3. The van der Waals surface area contributed by atoms with E-state index in [0.717, 1.165) is 6.08 Å². The van der Waals surface area contributed by atoms with Crippen molar-refractivity contribution in [2.24, 2.45) is 0 Å². The number of benzene rings is 1. The van der Waals surface area contributed by atoms with Crippen molar-refractivity contribution in [3.8, 4) is 0 Å². The Labute approximate surface area is 115 Å². The van der Waals surface area contributed by atoms with E-state index < -0.39 is 23.7 Å². The fourth-order valence-corrected chi connectivity index (χ4v) is 1.28. The molecule has 0 N–H and O–H groups in total. The molecule has 0 aliphatic rings. The number of hydrogen-bond acceptors (Lipinski definition) is 3. The van der Waals surface area contributed by atoms with Crippen LogP contribution in [-0.2, 0) is 14.3 Å². The zero-order chi connectivity index (χ0) is 15.4. The van der Waals surface area contributed by atoms with Gasteiger partial charge in [-0.05, 0) is 32.4 Å². The highest BCUT2D eigenvalue weighted by atomic mass is 19.4. The van der Waals surface area contributed by atoms with Crippen molar-refractivity contribution in [1.82, 2.24) is 0 Å². The lowest BCUT2D eigenvalue weighted by Gasteiger charge is -2.21. The van der Waals surface area contributed by atoms with Crippen molar-refractivity contribution in [1.29, 1.82) is 0 Å². The van der Waals surface area contributed by atoms with Crippen molar-refractivity contribution in [3.63, 3.8) is 0 Å². The summed E-state index contributed by atoms with van der Waals surface area (Å²) in [6, 6.07) is 8.06. The fraction of sp³-hybridized carbons (Fsp3) is 0.357. The number of halogens is 3. The zero-order valence-electron chi connectivity index (χ0n) is 11.3. The molecule has 1 aromatic rings. The first-order valence-electron chi connectivity index (χ1n) is 5.83. The Morgan fingerprint density at radius 3 is 2.05 bits per heavy atom. The van der Waals surface area contributed by atoms with E-state index in [2.05, 4.69) is 4.74 Å². The normalized spacial score (nSPS) is 13.0. The second-order valence-corrected chi connectivity index (χ2v) is 4.97. The molecule has 0 spiro atoms. The van der Waals surface area contributed by atoms with Gasteiger partial charge in [0.05, 0.1) is 0 Å². The molecule has 0 amide bonds. The zero-order valence-corrected chi connectivity index (χ0v) is 11.3. The van der Waals surface area contributed by atoms with Gasteiger partial charge < -0.3 is 9.47 Å². The van der Waals surface area contributed by atoms with Crippen LogP contribution in [0.4, 0.5) is 13.2 Å². The molecule has 0 unspecified atom stereocenters.